The summed E-state index contributed by atoms with van der Waals surface area (Å²) in [6.07, 6.45) is 2.18. The number of nitriles is 1. The lowest BCUT2D eigenvalue weighted by Crippen LogP contribution is -2.26. The number of amides is 2. The van der Waals surface area contributed by atoms with Gasteiger partial charge in [0, 0.05) is 17.8 Å². The van der Waals surface area contributed by atoms with Gasteiger partial charge in [0.1, 0.15) is 17.4 Å². The van der Waals surface area contributed by atoms with Crippen molar-refractivity contribution < 1.29 is 14.3 Å². The molecule has 0 saturated heterocycles. The molecule has 0 atom stereocenters. The van der Waals surface area contributed by atoms with Gasteiger partial charge in [0.25, 0.3) is 11.8 Å². The first-order chi connectivity index (χ1) is 15.6. The molecule has 2 amide bonds. The normalized spacial score (nSPS) is 10.7. The van der Waals surface area contributed by atoms with Crippen LogP contribution in [0, 0.1) is 11.3 Å². The van der Waals surface area contributed by atoms with Crippen LogP contribution in [0.25, 0.3) is 6.08 Å². The molecule has 0 aliphatic carbocycles. The Bertz CT molecular complexity index is 1150. The molecule has 3 aromatic rings. The van der Waals surface area contributed by atoms with E-state index in [1.165, 1.54) is 6.08 Å². The SMILES string of the molecule is COc1ccc(C(=O)Nc2cccc(C=C(C#N)C(=O)NCCc3ccccc3)c2)cc1. The van der Waals surface area contributed by atoms with Gasteiger partial charge in [-0.3, -0.25) is 9.59 Å². The summed E-state index contributed by atoms with van der Waals surface area (Å²) in [5.41, 5.74) is 2.78. The highest BCUT2D eigenvalue weighted by Gasteiger charge is 2.10. The first-order valence-electron chi connectivity index (χ1n) is 10.1. The molecule has 3 rings (SSSR count). The molecule has 0 saturated carbocycles. The Morgan fingerprint density at radius 2 is 1.75 bits per heavy atom. The van der Waals surface area contributed by atoms with Crippen molar-refractivity contribution in [2.24, 2.45) is 0 Å². The fourth-order valence-electron chi connectivity index (χ4n) is 3.03. The fraction of sp³-hybridized carbons (Fsp3) is 0.115. The number of carbonyl (C=O) groups is 2. The standard InChI is InChI=1S/C26H23N3O3/c1-32-24-12-10-21(11-13-24)26(31)29-23-9-5-8-20(17-23)16-22(18-27)25(30)28-15-14-19-6-3-2-4-7-19/h2-13,16-17H,14-15H2,1H3,(H,28,30)(H,29,31). The van der Waals surface area contributed by atoms with Crippen LogP contribution in [0.3, 0.4) is 0 Å². The van der Waals surface area contributed by atoms with E-state index >= 15 is 0 Å². The second kappa shape index (κ2) is 11.1. The molecule has 0 spiro atoms. The van der Waals surface area contributed by atoms with E-state index in [9.17, 15) is 14.9 Å². The summed E-state index contributed by atoms with van der Waals surface area (Å²) in [5.74, 6) is -0.0381. The van der Waals surface area contributed by atoms with Crippen molar-refractivity contribution in [3.8, 4) is 11.8 Å². The monoisotopic (exact) mass is 425 g/mol. The number of nitrogens with one attached hydrogen (secondary N) is 2. The van der Waals surface area contributed by atoms with Crippen molar-refractivity contribution in [2.45, 2.75) is 6.42 Å². The van der Waals surface area contributed by atoms with Crippen molar-refractivity contribution >= 4 is 23.6 Å². The topological polar surface area (TPSA) is 91.2 Å². The lowest BCUT2D eigenvalue weighted by atomic mass is 10.1. The number of hydrogen-bond donors (Lipinski definition) is 2. The van der Waals surface area contributed by atoms with Gasteiger partial charge in [-0.05, 0) is 60.0 Å². The lowest BCUT2D eigenvalue weighted by molar-refractivity contribution is -0.117. The molecule has 0 fully saturated rings. The van der Waals surface area contributed by atoms with E-state index in [0.717, 1.165) is 5.56 Å². The molecule has 6 heteroatoms. The highest BCUT2D eigenvalue weighted by atomic mass is 16.5. The Hall–Kier alpha value is -4.37. The zero-order chi connectivity index (χ0) is 22.8. The number of hydrogen-bond acceptors (Lipinski definition) is 4. The second-order valence-electron chi connectivity index (χ2n) is 6.97. The van der Waals surface area contributed by atoms with Gasteiger partial charge >= 0.3 is 0 Å². The largest absolute Gasteiger partial charge is 0.497 e. The third-order valence-corrected chi connectivity index (χ3v) is 4.71. The molecule has 0 unspecified atom stereocenters. The number of anilines is 1. The van der Waals surface area contributed by atoms with Crippen molar-refractivity contribution in [2.75, 3.05) is 19.0 Å². The molecule has 0 aromatic heterocycles. The number of benzene rings is 3. The molecule has 0 bridgehead atoms. The molecule has 0 heterocycles. The van der Waals surface area contributed by atoms with Crippen molar-refractivity contribution in [1.82, 2.24) is 5.32 Å². The summed E-state index contributed by atoms with van der Waals surface area (Å²) in [6, 6.07) is 25.5. The summed E-state index contributed by atoms with van der Waals surface area (Å²) >= 11 is 0. The first-order valence-corrected chi connectivity index (χ1v) is 10.1. The molecule has 32 heavy (non-hydrogen) atoms. The Morgan fingerprint density at radius 3 is 2.44 bits per heavy atom. The average molecular weight is 425 g/mol. The maximum absolute atomic E-state index is 12.5. The number of nitrogens with zero attached hydrogens (tertiary/aromatic N) is 1. The van der Waals surface area contributed by atoms with Crippen LogP contribution >= 0.6 is 0 Å². The quantitative estimate of drug-likeness (QED) is 0.418. The molecule has 0 aliphatic heterocycles. The maximum atomic E-state index is 12.5. The Morgan fingerprint density at radius 1 is 1.00 bits per heavy atom. The first kappa shape index (κ1) is 22.3. The van der Waals surface area contributed by atoms with E-state index < -0.39 is 5.91 Å². The molecular formula is C26H23N3O3. The van der Waals surface area contributed by atoms with Gasteiger partial charge in [-0.1, -0.05) is 42.5 Å². The highest BCUT2D eigenvalue weighted by Crippen LogP contribution is 2.17. The number of methoxy groups -OCH3 is 1. The van der Waals surface area contributed by atoms with Crippen molar-refractivity contribution in [3.63, 3.8) is 0 Å². The number of ether oxygens (including phenoxy) is 1. The Balaban J connectivity index is 1.63. The molecule has 0 aliphatic rings. The Labute approximate surface area is 187 Å². The van der Waals surface area contributed by atoms with Crippen LogP contribution in [0.4, 0.5) is 5.69 Å². The van der Waals surface area contributed by atoms with Gasteiger partial charge in [0.05, 0.1) is 7.11 Å². The van der Waals surface area contributed by atoms with E-state index in [1.54, 1.807) is 55.6 Å². The zero-order valence-electron chi connectivity index (χ0n) is 17.7. The predicted octanol–water partition coefficient (Wildman–Crippen LogP) is 4.21. The van der Waals surface area contributed by atoms with Crippen molar-refractivity contribution in [1.29, 1.82) is 5.26 Å². The van der Waals surface area contributed by atoms with Crippen LogP contribution in [0.1, 0.15) is 21.5 Å². The van der Waals surface area contributed by atoms with Crippen LogP contribution in [0.15, 0.2) is 84.4 Å². The lowest BCUT2D eigenvalue weighted by Gasteiger charge is -2.08. The molecule has 6 nitrogen and oxygen atoms in total. The zero-order valence-corrected chi connectivity index (χ0v) is 17.7. The van der Waals surface area contributed by atoms with E-state index in [4.69, 9.17) is 4.74 Å². The van der Waals surface area contributed by atoms with Crippen LogP contribution in [-0.4, -0.2) is 25.5 Å². The molecule has 2 N–H and O–H groups in total. The van der Waals surface area contributed by atoms with Gasteiger partial charge in [-0.2, -0.15) is 5.26 Å². The number of carbonyl (C=O) groups excluding carboxylic acids is 2. The summed E-state index contributed by atoms with van der Waals surface area (Å²) < 4.78 is 5.10. The third-order valence-electron chi connectivity index (χ3n) is 4.71. The van der Waals surface area contributed by atoms with E-state index in [1.807, 2.05) is 36.4 Å². The van der Waals surface area contributed by atoms with Gasteiger partial charge in [0.15, 0.2) is 0 Å². The predicted molar refractivity (Wildman–Crippen MR) is 124 cm³/mol. The van der Waals surface area contributed by atoms with Gasteiger partial charge in [0.2, 0.25) is 0 Å². The minimum atomic E-state index is -0.434. The summed E-state index contributed by atoms with van der Waals surface area (Å²) in [7, 11) is 1.56. The summed E-state index contributed by atoms with van der Waals surface area (Å²) in [5, 5.41) is 15.0. The van der Waals surface area contributed by atoms with E-state index in [2.05, 4.69) is 10.6 Å². The van der Waals surface area contributed by atoms with Crippen LogP contribution in [-0.2, 0) is 11.2 Å². The summed E-state index contributed by atoms with van der Waals surface area (Å²) in [6.45, 7) is 0.430. The van der Waals surface area contributed by atoms with Gasteiger partial charge in [-0.15, -0.1) is 0 Å². The molecule has 0 radical (unpaired) electrons. The highest BCUT2D eigenvalue weighted by molar-refractivity contribution is 6.05. The van der Waals surface area contributed by atoms with Crippen LogP contribution in [0.2, 0.25) is 0 Å². The minimum Gasteiger partial charge on any atom is -0.497 e. The molecular weight excluding hydrogens is 402 g/mol. The van der Waals surface area contributed by atoms with Crippen LogP contribution in [0.5, 0.6) is 5.75 Å². The van der Waals surface area contributed by atoms with Crippen LogP contribution < -0.4 is 15.4 Å². The van der Waals surface area contributed by atoms with Gasteiger partial charge in [-0.25, -0.2) is 0 Å². The Kier molecular flexibility index (Phi) is 7.77. The molecule has 160 valence electrons. The molecule has 3 aromatic carbocycles. The number of rotatable bonds is 8. The van der Waals surface area contributed by atoms with Gasteiger partial charge < -0.3 is 15.4 Å². The summed E-state index contributed by atoms with van der Waals surface area (Å²) in [4.78, 5) is 24.8. The smallest absolute Gasteiger partial charge is 0.261 e. The second-order valence-corrected chi connectivity index (χ2v) is 6.97. The van der Waals surface area contributed by atoms with E-state index in [0.29, 0.717) is 35.5 Å². The third kappa shape index (κ3) is 6.31. The minimum absolute atomic E-state index is 0.00306. The fourth-order valence-corrected chi connectivity index (χ4v) is 3.03. The average Bonchev–Trinajstić information content (AvgIpc) is 2.83. The van der Waals surface area contributed by atoms with Crippen molar-refractivity contribution in [3.05, 3.63) is 101 Å². The van der Waals surface area contributed by atoms with E-state index in [-0.39, 0.29) is 11.5 Å². The maximum Gasteiger partial charge on any atom is 0.261 e.